The lowest BCUT2D eigenvalue weighted by molar-refractivity contribution is 0.101. The number of halogens is 1. The molecule has 3 heterocycles. The Morgan fingerprint density at radius 2 is 2.13 bits per heavy atom. The van der Waals surface area contributed by atoms with E-state index in [2.05, 4.69) is 19.7 Å². The molecular formula is C20H23FN4O6. The minimum atomic E-state index is -0.560. The second-order valence-electron chi connectivity index (χ2n) is 7.30. The van der Waals surface area contributed by atoms with E-state index in [9.17, 15) is 14.0 Å². The number of carbonyl (C=O) groups is 2. The SMILES string of the molecule is COC(=O)NC1CCN(c2ccc(N3CC(COc4ccon4)OC3=O)cc2F)CC1. The summed E-state index contributed by atoms with van der Waals surface area (Å²) in [5.41, 5.74) is 0.871. The van der Waals surface area contributed by atoms with Crippen LogP contribution in [0.4, 0.5) is 25.4 Å². The molecule has 1 unspecified atom stereocenters. The van der Waals surface area contributed by atoms with Crippen molar-refractivity contribution in [1.82, 2.24) is 10.5 Å². The topological polar surface area (TPSA) is 106 Å². The van der Waals surface area contributed by atoms with Gasteiger partial charge in [-0.15, -0.1) is 0 Å². The number of cyclic esters (lactones) is 1. The number of rotatable bonds is 6. The highest BCUT2D eigenvalue weighted by Gasteiger charge is 2.33. The number of alkyl carbamates (subject to hydrolysis) is 1. The molecule has 31 heavy (non-hydrogen) atoms. The number of ether oxygens (including phenoxy) is 3. The molecule has 1 N–H and O–H groups in total. The Hall–Kier alpha value is -3.50. The molecule has 1 atom stereocenters. The third-order valence-corrected chi connectivity index (χ3v) is 5.29. The normalized spacial score (nSPS) is 19.3. The molecule has 0 bridgehead atoms. The molecule has 0 saturated carbocycles. The first kappa shape index (κ1) is 20.8. The van der Waals surface area contributed by atoms with Crippen LogP contribution < -0.4 is 19.9 Å². The molecule has 11 heteroatoms. The van der Waals surface area contributed by atoms with Crippen LogP contribution in [0.5, 0.6) is 5.88 Å². The Balaban J connectivity index is 1.34. The Bertz CT molecular complexity index is 916. The number of methoxy groups -OCH3 is 1. The number of piperidine rings is 1. The van der Waals surface area contributed by atoms with Gasteiger partial charge in [-0.25, -0.2) is 14.0 Å². The second-order valence-corrected chi connectivity index (χ2v) is 7.30. The summed E-state index contributed by atoms with van der Waals surface area (Å²) < 4.78 is 34.8. The van der Waals surface area contributed by atoms with Crippen molar-refractivity contribution in [1.29, 1.82) is 0 Å². The van der Waals surface area contributed by atoms with Gasteiger partial charge in [0.1, 0.15) is 18.7 Å². The van der Waals surface area contributed by atoms with Gasteiger partial charge in [-0.1, -0.05) is 0 Å². The summed E-state index contributed by atoms with van der Waals surface area (Å²) >= 11 is 0. The average Bonchev–Trinajstić information content (AvgIpc) is 3.42. The van der Waals surface area contributed by atoms with Crippen molar-refractivity contribution >= 4 is 23.6 Å². The zero-order valence-corrected chi connectivity index (χ0v) is 17.0. The van der Waals surface area contributed by atoms with E-state index in [1.807, 2.05) is 4.90 Å². The number of benzene rings is 1. The standard InChI is InChI=1S/C20H23FN4O6/c1-28-19(26)22-13-4-7-24(8-5-13)17-3-2-14(10-16(17)21)25-11-15(31-20(25)27)12-29-18-6-9-30-23-18/h2-3,6,9-10,13,15H,4-5,7-8,11-12H2,1H3,(H,22,26). The van der Waals surface area contributed by atoms with Crippen molar-refractivity contribution in [3.8, 4) is 5.88 Å². The molecule has 0 radical (unpaired) electrons. The maximum atomic E-state index is 14.9. The molecular weight excluding hydrogens is 411 g/mol. The number of aromatic nitrogens is 1. The zero-order valence-electron chi connectivity index (χ0n) is 17.0. The fourth-order valence-corrected chi connectivity index (χ4v) is 3.68. The number of anilines is 2. The van der Waals surface area contributed by atoms with Gasteiger partial charge in [-0.2, -0.15) is 0 Å². The van der Waals surface area contributed by atoms with Crippen LogP contribution in [0.2, 0.25) is 0 Å². The predicted octanol–water partition coefficient (Wildman–Crippen LogP) is 2.54. The number of amides is 2. The lowest BCUT2D eigenvalue weighted by Gasteiger charge is -2.34. The first-order valence-electron chi connectivity index (χ1n) is 9.94. The number of nitrogens with zero attached hydrogens (tertiary/aromatic N) is 3. The maximum absolute atomic E-state index is 14.9. The first-order chi connectivity index (χ1) is 15.0. The molecule has 0 aliphatic carbocycles. The highest BCUT2D eigenvalue weighted by atomic mass is 19.1. The highest BCUT2D eigenvalue weighted by molar-refractivity contribution is 5.90. The summed E-state index contributed by atoms with van der Waals surface area (Å²) in [7, 11) is 1.32. The van der Waals surface area contributed by atoms with Crippen molar-refractivity contribution in [3.63, 3.8) is 0 Å². The van der Waals surface area contributed by atoms with Gasteiger partial charge in [0.05, 0.1) is 25.0 Å². The zero-order chi connectivity index (χ0) is 21.8. The minimum Gasteiger partial charge on any atom is -0.471 e. The monoisotopic (exact) mass is 434 g/mol. The summed E-state index contributed by atoms with van der Waals surface area (Å²) in [5.74, 6) is -0.123. The Morgan fingerprint density at radius 3 is 2.81 bits per heavy atom. The van der Waals surface area contributed by atoms with Crippen LogP contribution >= 0.6 is 0 Å². The van der Waals surface area contributed by atoms with E-state index in [-0.39, 0.29) is 19.2 Å². The summed E-state index contributed by atoms with van der Waals surface area (Å²) in [4.78, 5) is 26.9. The highest BCUT2D eigenvalue weighted by Crippen LogP contribution is 2.29. The van der Waals surface area contributed by atoms with E-state index in [1.54, 1.807) is 18.2 Å². The summed E-state index contributed by atoms with van der Waals surface area (Å²) in [6, 6.07) is 6.24. The van der Waals surface area contributed by atoms with Gasteiger partial charge >= 0.3 is 12.2 Å². The molecule has 1 aromatic heterocycles. The van der Waals surface area contributed by atoms with Crippen molar-refractivity contribution in [2.45, 2.75) is 25.0 Å². The van der Waals surface area contributed by atoms with Gasteiger partial charge in [0.2, 0.25) is 0 Å². The van der Waals surface area contributed by atoms with Crippen LogP contribution in [0.25, 0.3) is 0 Å². The molecule has 10 nitrogen and oxygen atoms in total. The third-order valence-electron chi connectivity index (χ3n) is 5.29. The van der Waals surface area contributed by atoms with Crippen LogP contribution in [-0.2, 0) is 9.47 Å². The molecule has 4 rings (SSSR count). The van der Waals surface area contributed by atoms with Crippen LogP contribution in [-0.4, -0.2) is 62.8 Å². The number of nitrogens with one attached hydrogen (secondary N) is 1. The number of hydrogen-bond donors (Lipinski definition) is 1. The predicted molar refractivity (Wildman–Crippen MR) is 107 cm³/mol. The van der Waals surface area contributed by atoms with Crippen molar-refractivity contribution in [3.05, 3.63) is 36.3 Å². The van der Waals surface area contributed by atoms with Gasteiger partial charge < -0.3 is 29.0 Å². The molecule has 0 spiro atoms. The van der Waals surface area contributed by atoms with Crippen LogP contribution in [0, 0.1) is 5.82 Å². The fraction of sp³-hybridized carbons (Fsp3) is 0.450. The van der Waals surface area contributed by atoms with Crippen LogP contribution in [0.3, 0.4) is 0 Å². The van der Waals surface area contributed by atoms with Crippen molar-refractivity contribution < 1.29 is 32.7 Å². The lowest BCUT2D eigenvalue weighted by Crippen LogP contribution is -2.44. The smallest absolute Gasteiger partial charge is 0.414 e. The second kappa shape index (κ2) is 9.11. The number of carbonyl (C=O) groups excluding carboxylic acids is 2. The van der Waals surface area contributed by atoms with E-state index in [1.165, 1.54) is 24.3 Å². The van der Waals surface area contributed by atoms with E-state index in [0.717, 1.165) is 0 Å². The Kier molecular flexibility index (Phi) is 6.10. The molecule has 166 valence electrons. The third kappa shape index (κ3) is 4.81. The van der Waals surface area contributed by atoms with Gasteiger partial charge in [0.15, 0.2) is 6.10 Å². The fourth-order valence-electron chi connectivity index (χ4n) is 3.68. The molecule has 2 saturated heterocycles. The summed E-state index contributed by atoms with van der Waals surface area (Å²) in [6.07, 6.45) is 1.22. The van der Waals surface area contributed by atoms with Crippen LogP contribution in [0.15, 0.2) is 35.1 Å². The quantitative estimate of drug-likeness (QED) is 0.739. The summed E-state index contributed by atoms with van der Waals surface area (Å²) in [5, 5.41) is 6.40. The minimum absolute atomic E-state index is 0.00167. The van der Waals surface area contributed by atoms with Gasteiger partial charge in [-0.3, -0.25) is 4.90 Å². The molecule has 2 amide bonds. The maximum Gasteiger partial charge on any atom is 0.414 e. The van der Waals surface area contributed by atoms with E-state index < -0.39 is 24.1 Å². The van der Waals surface area contributed by atoms with Crippen molar-refractivity contribution in [2.24, 2.45) is 0 Å². The van der Waals surface area contributed by atoms with Crippen LogP contribution in [0.1, 0.15) is 12.8 Å². The van der Waals surface area contributed by atoms with Crippen molar-refractivity contribution in [2.75, 3.05) is 43.2 Å². The number of hydrogen-bond acceptors (Lipinski definition) is 8. The van der Waals surface area contributed by atoms with Gasteiger partial charge in [0, 0.05) is 25.2 Å². The van der Waals surface area contributed by atoms with E-state index in [0.29, 0.717) is 43.2 Å². The molecule has 2 aromatic rings. The largest absolute Gasteiger partial charge is 0.471 e. The molecule has 2 aliphatic rings. The molecule has 2 fully saturated rings. The molecule has 1 aromatic carbocycles. The van der Waals surface area contributed by atoms with Gasteiger partial charge in [-0.05, 0) is 36.2 Å². The average molecular weight is 434 g/mol. The lowest BCUT2D eigenvalue weighted by atomic mass is 10.0. The van der Waals surface area contributed by atoms with Gasteiger partial charge in [0.25, 0.3) is 5.88 Å². The summed E-state index contributed by atoms with van der Waals surface area (Å²) in [6.45, 7) is 1.54. The molecule has 2 aliphatic heterocycles. The first-order valence-corrected chi connectivity index (χ1v) is 9.94. The Labute approximate surface area is 177 Å². The Morgan fingerprint density at radius 1 is 1.32 bits per heavy atom. The van der Waals surface area contributed by atoms with E-state index in [4.69, 9.17) is 9.47 Å². The van der Waals surface area contributed by atoms with E-state index >= 15 is 0 Å².